The molecule has 0 saturated carbocycles. The highest BCUT2D eigenvalue weighted by atomic mass is 16.3. The molecule has 0 bridgehead atoms. The van der Waals surface area contributed by atoms with Crippen LogP contribution in [-0.2, 0) is 19.4 Å². The first kappa shape index (κ1) is 14.2. The molecule has 1 aromatic carbocycles. The Morgan fingerprint density at radius 2 is 2.05 bits per heavy atom. The smallest absolute Gasteiger partial charge is 0.251 e. The van der Waals surface area contributed by atoms with Gasteiger partial charge in [0, 0.05) is 5.69 Å². The third-order valence-corrected chi connectivity index (χ3v) is 3.71. The van der Waals surface area contributed by atoms with Crippen LogP contribution in [0.1, 0.15) is 33.7 Å². The highest BCUT2D eigenvalue weighted by Crippen LogP contribution is 2.24. The van der Waals surface area contributed by atoms with Crippen molar-refractivity contribution in [2.45, 2.75) is 25.8 Å². The van der Waals surface area contributed by atoms with Gasteiger partial charge >= 0.3 is 0 Å². The maximum Gasteiger partial charge on any atom is 0.251 e. The lowest BCUT2D eigenvalue weighted by molar-refractivity contribution is 0.0999. The second kappa shape index (κ2) is 5.93. The van der Waals surface area contributed by atoms with Crippen molar-refractivity contribution < 1.29 is 9.21 Å². The number of amides is 1. The van der Waals surface area contributed by atoms with E-state index in [1.807, 2.05) is 6.07 Å². The molecular weight excluding hydrogens is 280 g/mol. The predicted molar refractivity (Wildman–Crippen MR) is 84.6 cm³/mol. The number of carbonyl (C=O) groups is 1. The van der Waals surface area contributed by atoms with Crippen LogP contribution < -0.4 is 16.8 Å². The van der Waals surface area contributed by atoms with Gasteiger partial charge in [0.15, 0.2) is 5.96 Å². The fraction of sp³-hybridized carbons (Fsp3) is 0.250. The lowest BCUT2D eigenvalue weighted by atomic mass is 10.1. The largest absolute Gasteiger partial charge is 0.467 e. The molecule has 1 aliphatic rings. The zero-order valence-corrected chi connectivity index (χ0v) is 12.1. The normalized spacial score (nSPS) is 13.9. The Balaban J connectivity index is 1.63. The Morgan fingerprint density at radius 1 is 1.23 bits per heavy atom. The van der Waals surface area contributed by atoms with E-state index in [2.05, 4.69) is 22.4 Å². The Kier molecular flexibility index (Phi) is 3.82. The number of aliphatic imine (C=N–C) groups is 1. The number of furan rings is 1. The second-order valence-electron chi connectivity index (χ2n) is 5.33. The molecule has 0 saturated heterocycles. The van der Waals surface area contributed by atoms with Gasteiger partial charge in [-0.05, 0) is 48.6 Å². The predicted octanol–water partition coefficient (Wildman–Crippen LogP) is 1.79. The van der Waals surface area contributed by atoms with Gasteiger partial charge in [0.2, 0.25) is 0 Å². The number of nitrogens with one attached hydrogen (secondary N) is 1. The van der Waals surface area contributed by atoms with Gasteiger partial charge < -0.3 is 21.2 Å². The highest BCUT2D eigenvalue weighted by molar-refractivity contribution is 5.93. The summed E-state index contributed by atoms with van der Waals surface area (Å²) in [7, 11) is 0. The zero-order valence-electron chi connectivity index (χ0n) is 12.1. The number of anilines is 1. The van der Waals surface area contributed by atoms with Crippen molar-refractivity contribution in [1.82, 2.24) is 0 Å². The van der Waals surface area contributed by atoms with Gasteiger partial charge in [-0.3, -0.25) is 4.79 Å². The van der Waals surface area contributed by atoms with Crippen molar-refractivity contribution in [2.75, 3.05) is 5.32 Å². The minimum Gasteiger partial charge on any atom is -0.467 e. The van der Waals surface area contributed by atoms with Crippen molar-refractivity contribution in [1.29, 1.82) is 0 Å². The van der Waals surface area contributed by atoms with Crippen molar-refractivity contribution >= 4 is 17.6 Å². The standard InChI is InChI=1S/C16H18N4O2/c17-15(21)12-7-14(22-9-12)8-19-16(18)20-13-5-4-10-2-1-3-11(10)6-13/h4-7,9H,1-3,8H2,(H2,17,21)(H3,18,19,20). The summed E-state index contributed by atoms with van der Waals surface area (Å²) in [5.74, 6) is 0.311. The Hall–Kier alpha value is -2.76. The van der Waals surface area contributed by atoms with Gasteiger partial charge in [0.05, 0.1) is 5.56 Å². The zero-order chi connectivity index (χ0) is 15.5. The molecule has 22 heavy (non-hydrogen) atoms. The summed E-state index contributed by atoms with van der Waals surface area (Å²) >= 11 is 0. The van der Waals surface area contributed by atoms with Crippen LogP contribution in [0.15, 0.2) is 39.9 Å². The molecule has 3 rings (SSSR count). The molecule has 0 unspecified atom stereocenters. The molecule has 114 valence electrons. The number of fused-ring (bicyclic) bond motifs is 1. The van der Waals surface area contributed by atoms with E-state index in [0.29, 0.717) is 17.3 Å². The van der Waals surface area contributed by atoms with Gasteiger partial charge in [-0.15, -0.1) is 0 Å². The SMILES string of the molecule is NC(=O)c1coc(CN=C(N)Nc2ccc3c(c2)CCC3)c1. The molecule has 0 aliphatic heterocycles. The number of hydrogen-bond acceptors (Lipinski definition) is 3. The lowest BCUT2D eigenvalue weighted by Gasteiger charge is -2.07. The van der Waals surface area contributed by atoms with Crippen LogP contribution in [0, 0.1) is 0 Å². The number of carbonyl (C=O) groups excluding carboxylic acids is 1. The fourth-order valence-electron chi connectivity index (χ4n) is 2.59. The molecule has 0 spiro atoms. The van der Waals surface area contributed by atoms with Crippen LogP contribution in [0.2, 0.25) is 0 Å². The van der Waals surface area contributed by atoms with Crippen LogP contribution in [-0.4, -0.2) is 11.9 Å². The maximum absolute atomic E-state index is 11.0. The van der Waals surface area contributed by atoms with Crippen LogP contribution in [0.3, 0.4) is 0 Å². The number of rotatable bonds is 4. The summed E-state index contributed by atoms with van der Waals surface area (Å²) in [5.41, 5.74) is 15.1. The first-order valence-electron chi connectivity index (χ1n) is 7.18. The fourth-order valence-corrected chi connectivity index (χ4v) is 2.59. The first-order chi connectivity index (χ1) is 10.6. The van der Waals surface area contributed by atoms with Gasteiger partial charge in [-0.1, -0.05) is 6.07 Å². The summed E-state index contributed by atoms with van der Waals surface area (Å²) in [6.45, 7) is 0.247. The average molecular weight is 298 g/mol. The summed E-state index contributed by atoms with van der Waals surface area (Å²) in [5, 5.41) is 3.07. The Labute approximate surface area is 128 Å². The molecule has 0 radical (unpaired) electrons. The molecular formula is C16H18N4O2. The Bertz CT molecular complexity index is 733. The number of nitrogens with zero attached hydrogens (tertiary/aromatic N) is 1. The quantitative estimate of drug-likeness (QED) is 0.591. The molecule has 6 nitrogen and oxygen atoms in total. The first-order valence-corrected chi connectivity index (χ1v) is 7.18. The van der Waals surface area contributed by atoms with Crippen molar-refractivity contribution in [2.24, 2.45) is 16.5 Å². The van der Waals surface area contributed by atoms with Crippen LogP contribution in [0.4, 0.5) is 5.69 Å². The number of guanidine groups is 1. The van der Waals surface area contributed by atoms with E-state index in [9.17, 15) is 4.79 Å². The Morgan fingerprint density at radius 3 is 2.82 bits per heavy atom. The van der Waals surface area contributed by atoms with E-state index in [-0.39, 0.29) is 6.54 Å². The molecule has 1 heterocycles. The molecule has 5 N–H and O–H groups in total. The number of nitrogens with two attached hydrogens (primary N) is 2. The average Bonchev–Trinajstić information content (AvgIpc) is 3.13. The molecule has 1 amide bonds. The summed E-state index contributed by atoms with van der Waals surface area (Å²) < 4.78 is 5.20. The maximum atomic E-state index is 11.0. The second-order valence-corrected chi connectivity index (χ2v) is 5.33. The molecule has 1 aliphatic carbocycles. The summed E-state index contributed by atoms with van der Waals surface area (Å²) in [4.78, 5) is 15.2. The third-order valence-electron chi connectivity index (χ3n) is 3.71. The van der Waals surface area contributed by atoms with Crippen LogP contribution in [0.5, 0.6) is 0 Å². The molecule has 0 fully saturated rings. The van der Waals surface area contributed by atoms with Crippen molar-refractivity contribution in [3.63, 3.8) is 0 Å². The van der Waals surface area contributed by atoms with E-state index in [0.717, 1.165) is 18.5 Å². The topological polar surface area (TPSA) is 107 Å². The summed E-state index contributed by atoms with van der Waals surface area (Å²) in [6.07, 6.45) is 4.80. The molecule has 1 aromatic heterocycles. The van der Waals surface area contributed by atoms with Gasteiger partial charge in [-0.2, -0.15) is 0 Å². The highest BCUT2D eigenvalue weighted by Gasteiger charge is 2.11. The van der Waals surface area contributed by atoms with Gasteiger partial charge in [-0.25, -0.2) is 4.99 Å². The molecule has 6 heteroatoms. The number of aryl methyl sites for hydroxylation is 2. The van der Waals surface area contributed by atoms with Gasteiger partial charge in [0.25, 0.3) is 5.91 Å². The van der Waals surface area contributed by atoms with Crippen LogP contribution >= 0.6 is 0 Å². The van der Waals surface area contributed by atoms with E-state index in [4.69, 9.17) is 15.9 Å². The number of hydrogen-bond donors (Lipinski definition) is 3. The molecule has 2 aromatic rings. The van der Waals surface area contributed by atoms with Gasteiger partial charge in [0.1, 0.15) is 18.6 Å². The van der Waals surface area contributed by atoms with Crippen molar-refractivity contribution in [3.8, 4) is 0 Å². The number of primary amides is 1. The van der Waals surface area contributed by atoms with E-state index in [1.54, 1.807) is 6.07 Å². The van der Waals surface area contributed by atoms with Crippen LogP contribution in [0.25, 0.3) is 0 Å². The number of benzene rings is 1. The third kappa shape index (κ3) is 3.11. The minimum absolute atomic E-state index is 0.247. The minimum atomic E-state index is -0.525. The van der Waals surface area contributed by atoms with Crippen molar-refractivity contribution in [3.05, 3.63) is 53.0 Å². The van der Waals surface area contributed by atoms with E-state index in [1.165, 1.54) is 23.8 Å². The summed E-state index contributed by atoms with van der Waals surface area (Å²) in [6, 6.07) is 7.81. The monoisotopic (exact) mass is 298 g/mol. The van der Waals surface area contributed by atoms with E-state index >= 15 is 0 Å². The molecule has 0 atom stereocenters. The lowest BCUT2D eigenvalue weighted by Crippen LogP contribution is -2.22. The van der Waals surface area contributed by atoms with E-state index < -0.39 is 5.91 Å².